The number of allylic oxidation sites excluding steroid dienone is 2. The van der Waals surface area contributed by atoms with E-state index in [2.05, 4.69) is 30.7 Å². The summed E-state index contributed by atoms with van der Waals surface area (Å²) in [6.07, 6.45) is 9.23. The van der Waals surface area contributed by atoms with Crippen LogP contribution in [0.25, 0.3) is 0 Å². The Hall–Kier alpha value is -1.32. The van der Waals surface area contributed by atoms with Crippen molar-refractivity contribution in [2.75, 3.05) is 7.11 Å². The van der Waals surface area contributed by atoms with Gasteiger partial charge in [0, 0.05) is 6.42 Å². The summed E-state index contributed by atoms with van der Waals surface area (Å²) < 4.78 is 4.60. The molecule has 0 aromatic heterocycles. The fourth-order valence-corrected chi connectivity index (χ4v) is 4.38. The largest absolute Gasteiger partial charge is 0.481 e. The van der Waals surface area contributed by atoms with E-state index in [9.17, 15) is 14.7 Å². The zero-order chi connectivity index (χ0) is 16.3. The summed E-state index contributed by atoms with van der Waals surface area (Å²) in [5.41, 5.74) is 0.198. The topological polar surface area (TPSA) is 63.6 Å². The summed E-state index contributed by atoms with van der Waals surface area (Å²) >= 11 is 0. The third-order valence-electron chi connectivity index (χ3n) is 5.94. The highest BCUT2D eigenvalue weighted by molar-refractivity contribution is 5.71. The van der Waals surface area contributed by atoms with E-state index in [0.29, 0.717) is 18.3 Å². The number of carboxylic acid groups (broad SMARTS) is 1. The Bertz CT molecular complexity index is 452. The Balaban J connectivity index is 1.80. The SMILES string of the molecule is COC(=O)CCCC=CC[C@H]1C[C@H]2C[C@@H]([C@H]1C(=O)O)C2(C)C. The van der Waals surface area contributed by atoms with Crippen molar-refractivity contribution in [3.63, 3.8) is 0 Å². The van der Waals surface area contributed by atoms with Crippen LogP contribution in [0.3, 0.4) is 0 Å². The lowest BCUT2D eigenvalue weighted by Gasteiger charge is -2.61. The van der Waals surface area contributed by atoms with E-state index in [1.165, 1.54) is 7.11 Å². The molecule has 0 heterocycles. The molecule has 4 nitrogen and oxygen atoms in total. The maximum absolute atomic E-state index is 11.7. The molecule has 1 N–H and O–H groups in total. The molecule has 0 aliphatic heterocycles. The van der Waals surface area contributed by atoms with Crippen LogP contribution in [0.2, 0.25) is 0 Å². The molecular formula is C18H28O4. The summed E-state index contributed by atoms with van der Waals surface area (Å²) in [7, 11) is 1.40. The molecule has 3 fully saturated rings. The maximum Gasteiger partial charge on any atom is 0.307 e. The van der Waals surface area contributed by atoms with Crippen molar-refractivity contribution in [2.24, 2.45) is 29.1 Å². The van der Waals surface area contributed by atoms with E-state index in [4.69, 9.17) is 0 Å². The maximum atomic E-state index is 11.7. The van der Waals surface area contributed by atoms with E-state index in [1.54, 1.807) is 0 Å². The van der Waals surface area contributed by atoms with E-state index in [-0.39, 0.29) is 23.2 Å². The first-order valence-corrected chi connectivity index (χ1v) is 8.32. The number of carbonyl (C=O) groups is 2. The van der Waals surface area contributed by atoms with E-state index < -0.39 is 5.97 Å². The number of aliphatic carboxylic acids is 1. The Labute approximate surface area is 132 Å². The first kappa shape index (κ1) is 17.0. The third-order valence-corrected chi connectivity index (χ3v) is 5.94. The molecule has 0 spiro atoms. The van der Waals surface area contributed by atoms with E-state index >= 15 is 0 Å². The Morgan fingerprint density at radius 2 is 2.00 bits per heavy atom. The van der Waals surface area contributed by atoms with Crippen LogP contribution in [0.1, 0.15) is 52.4 Å². The molecule has 0 radical (unpaired) electrons. The van der Waals surface area contributed by atoms with Gasteiger partial charge >= 0.3 is 11.9 Å². The third kappa shape index (κ3) is 3.36. The molecule has 0 saturated heterocycles. The average molecular weight is 308 g/mol. The second kappa shape index (κ2) is 6.84. The van der Waals surface area contributed by atoms with Crippen molar-refractivity contribution in [2.45, 2.75) is 52.4 Å². The van der Waals surface area contributed by atoms with Crippen LogP contribution in [0.15, 0.2) is 12.2 Å². The molecule has 3 rings (SSSR count). The fourth-order valence-electron chi connectivity index (χ4n) is 4.38. The molecule has 0 aromatic carbocycles. The summed E-state index contributed by atoms with van der Waals surface area (Å²) in [5, 5.41) is 9.59. The van der Waals surface area contributed by atoms with Gasteiger partial charge in [-0.15, -0.1) is 0 Å². The predicted molar refractivity (Wildman–Crippen MR) is 84.2 cm³/mol. The number of unbranched alkanes of at least 4 members (excludes halogenated alkanes) is 1. The number of carbonyl (C=O) groups excluding carboxylic acids is 1. The van der Waals surface area contributed by atoms with Gasteiger partial charge in [-0.25, -0.2) is 0 Å². The van der Waals surface area contributed by atoms with Gasteiger partial charge in [0.15, 0.2) is 0 Å². The van der Waals surface area contributed by atoms with Crippen LogP contribution in [0.5, 0.6) is 0 Å². The zero-order valence-corrected chi connectivity index (χ0v) is 13.9. The van der Waals surface area contributed by atoms with Crippen LogP contribution in [-0.4, -0.2) is 24.2 Å². The fraction of sp³-hybridized carbons (Fsp3) is 0.778. The molecule has 3 saturated carbocycles. The molecule has 3 aliphatic rings. The van der Waals surface area contributed by atoms with Crippen molar-refractivity contribution < 1.29 is 19.4 Å². The van der Waals surface area contributed by atoms with Crippen molar-refractivity contribution in [1.29, 1.82) is 0 Å². The molecule has 22 heavy (non-hydrogen) atoms. The van der Waals surface area contributed by atoms with Gasteiger partial charge in [-0.2, -0.15) is 0 Å². The second-order valence-electron chi connectivity index (χ2n) is 7.40. The number of hydrogen-bond acceptors (Lipinski definition) is 3. The minimum atomic E-state index is -0.625. The highest BCUT2D eigenvalue weighted by atomic mass is 16.5. The number of ether oxygens (including phenoxy) is 1. The summed E-state index contributed by atoms with van der Waals surface area (Å²) in [6, 6.07) is 0. The first-order chi connectivity index (χ1) is 10.4. The second-order valence-corrected chi connectivity index (χ2v) is 7.40. The molecule has 0 aromatic rings. The summed E-state index contributed by atoms with van der Waals surface area (Å²) in [6.45, 7) is 4.45. The van der Waals surface area contributed by atoms with E-state index in [1.807, 2.05) is 0 Å². The Morgan fingerprint density at radius 1 is 1.27 bits per heavy atom. The van der Waals surface area contributed by atoms with Crippen molar-refractivity contribution in [3.05, 3.63) is 12.2 Å². The van der Waals surface area contributed by atoms with Gasteiger partial charge in [0.25, 0.3) is 0 Å². The number of hydrogen-bond donors (Lipinski definition) is 1. The van der Waals surface area contributed by atoms with Crippen LogP contribution in [0, 0.1) is 29.1 Å². The molecule has 2 bridgehead atoms. The van der Waals surface area contributed by atoms with Gasteiger partial charge in [0.2, 0.25) is 0 Å². The van der Waals surface area contributed by atoms with Gasteiger partial charge in [0.05, 0.1) is 13.0 Å². The lowest BCUT2D eigenvalue weighted by atomic mass is 9.43. The molecule has 0 amide bonds. The van der Waals surface area contributed by atoms with Gasteiger partial charge in [-0.3, -0.25) is 9.59 Å². The normalized spacial score (nSPS) is 32.5. The number of methoxy groups -OCH3 is 1. The van der Waals surface area contributed by atoms with Crippen molar-refractivity contribution in [1.82, 2.24) is 0 Å². The number of rotatable bonds is 7. The number of carboxylic acids is 1. The smallest absolute Gasteiger partial charge is 0.307 e. The molecular weight excluding hydrogens is 280 g/mol. The van der Waals surface area contributed by atoms with Crippen LogP contribution >= 0.6 is 0 Å². The zero-order valence-electron chi connectivity index (χ0n) is 13.9. The molecule has 124 valence electrons. The number of fused-ring (bicyclic) bond motifs is 2. The van der Waals surface area contributed by atoms with E-state index in [0.717, 1.165) is 32.1 Å². The van der Waals surface area contributed by atoms with Crippen LogP contribution in [0.4, 0.5) is 0 Å². The lowest BCUT2D eigenvalue weighted by molar-refractivity contribution is -0.175. The highest BCUT2D eigenvalue weighted by Crippen LogP contribution is 2.63. The quantitative estimate of drug-likeness (QED) is 0.443. The Morgan fingerprint density at radius 3 is 2.59 bits per heavy atom. The minimum Gasteiger partial charge on any atom is -0.481 e. The monoisotopic (exact) mass is 308 g/mol. The molecule has 4 atom stereocenters. The van der Waals surface area contributed by atoms with Gasteiger partial charge in [0.1, 0.15) is 0 Å². The molecule has 4 heteroatoms. The standard InChI is InChI=1S/C18H28O4/c1-18(2)13-10-12(16(17(20)21)14(18)11-13)8-6-4-5-7-9-15(19)22-3/h4,6,12-14,16H,5,7-11H2,1-3H3,(H,20,21)/t12-,13-,14-,16-/m0/s1. The van der Waals surface area contributed by atoms with Crippen molar-refractivity contribution in [3.8, 4) is 0 Å². The highest BCUT2D eigenvalue weighted by Gasteiger charge is 2.59. The average Bonchev–Trinajstić information content (AvgIpc) is 2.49. The molecule has 3 aliphatic carbocycles. The summed E-state index contributed by atoms with van der Waals surface area (Å²) in [5.74, 6) is 0.299. The van der Waals surface area contributed by atoms with Crippen molar-refractivity contribution >= 4 is 11.9 Å². The number of esters is 1. The lowest BCUT2D eigenvalue weighted by Crippen LogP contribution is -2.57. The Kier molecular flexibility index (Phi) is 5.30. The first-order valence-electron chi connectivity index (χ1n) is 8.32. The minimum absolute atomic E-state index is 0.172. The molecule has 0 unspecified atom stereocenters. The van der Waals surface area contributed by atoms with Gasteiger partial charge < -0.3 is 9.84 Å². The van der Waals surface area contributed by atoms with Gasteiger partial charge in [-0.05, 0) is 55.3 Å². The van der Waals surface area contributed by atoms with Crippen LogP contribution < -0.4 is 0 Å². The summed E-state index contributed by atoms with van der Waals surface area (Å²) in [4.78, 5) is 22.7. The van der Waals surface area contributed by atoms with Crippen LogP contribution in [-0.2, 0) is 14.3 Å². The predicted octanol–water partition coefficient (Wildman–Crippen LogP) is 3.66. The van der Waals surface area contributed by atoms with Gasteiger partial charge in [-0.1, -0.05) is 26.0 Å².